The van der Waals surface area contributed by atoms with Gasteiger partial charge in [0, 0.05) is 19.3 Å². The van der Waals surface area contributed by atoms with Crippen LogP contribution in [0.1, 0.15) is 213 Å². The van der Waals surface area contributed by atoms with Crippen LogP contribution >= 0.6 is 7.82 Å². The number of ether oxygens (including phenoxy) is 3. The van der Waals surface area contributed by atoms with E-state index in [9.17, 15) is 28.9 Å². The molecule has 3 unspecified atom stereocenters. The third-order valence-electron chi connectivity index (χ3n) is 11.3. The summed E-state index contributed by atoms with van der Waals surface area (Å²) in [4.78, 5) is 48.5. The number of rotatable bonds is 51. The largest absolute Gasteiger partial charge is 0.472 e. The maximum atomic E-state index is 12.9. The average Bonchev–Trinajstić information content (AvgIpc) is 3.39. The molecule has 0 saturated heterocycles. The molecule has 74 heavy (non-hydrogen) atoms. The van der Waals surface area contributed by atoms with E-state index in [4.69, 9.17) is 23.3 Å². The molecule has 0 fully saturated rings. The smallest absolute Gasteiger partial charge is 0.462 e. The van der Waals surface area contributed by atoms with Gasteiger partial charge in [0.25, 0.3) is 0 Å². The first-order valence-corrected chi connectivity index (χ1v) is 29.9. The average molecular weight is 1050 g/mol. The molecule has 0 bridgehead atoms. The quantitative estimate of drug-likeness (QED) is 0.0197. The third kappa shape index (κ3) is 52.7. The second kappa shape index (κ2) is 55.1. The zero-order valence-electron chi connectivity index (χ0n) is 46.3. The van der Waals surface area contributed by atoms with E-state index >= 15 is 0 Å². The molecule has 0 aliphatic heterocycles. The lowest BCUT2D eigenvalue weighted by Crippen LogP contribution is -2.30. The SMILES string of the molecule is CC/C=C\C/C=C\C/C=C\C/C=C\CCCCCCC(=O)OC(COC(=O)CCCCCCC/C=C\C/C=C\CCCCC)COP(=O)(O)OCC(CO)OC(=O)CCCC/C=C\C/C=C\C/C=C\C/C=C\CC. The normalized spacial score (nSPS) is 14.3. The molecule has 0 aromatic heterocycles. The Morgan fingerprint density at radius 1 is 0.392 bits per heavy atom. The zero-order valence-corrected chi connectivity index (χ0v) is 47.2. The molecule has 420 valence electrons. The van der Waals surface area contributed by atoms with Gasteiger partial charge < -0.3 is 24.2 Å². The molecule has 0 heterocycles. The Labute approximate surface area is 449 Å². The van der Waals surface area contributed by atoms with Crippen molar-refractivity contribution < 1.29 is 52.2 Å². The Balaban J connectivity index is 4.85. The topological polar surface area (TPSA) is 155 Å². The highest BCUT2D eigenvalue weighted by Crippen LogP contribution is 2.43. The Morgan fingerprint density at radius 3 is 1.11 bits per heavy atom. The second-order valence-corrected chi connectivity index (χ2v) is 19.8. The molecule has 0 aromatic carbocycles. The van der Waals surface area contributed by atoms with Crippen molar-refractivity contribution in [2.45, 2.75) is 226 Å². The van der Waals surface area contributed by atoms with E-state index in [1.54, 1.807) is 0 Å². The molecule has 0 aliphatic rings. The van der Waals surface area contributed by atoms with Crippen LogP contribution < -0.4 is 0 Å². The Bertz CT molecular complexity index is 1700. The number of carbonyl (C=O) groups excluding carboxylic acids is 3. The van der Waals surface area contributed by atoms with Gasteiger partial charge in [-0.15, -0.1) is 0 Å². The number of phosphoric acid groups is 1. The van der Waals surface area contributed by atoms with Crippen molar-refractivity contribution in [1.82, 2.24) is 0 Å². The molecule has 12 heteroatoms. The summed E-state index contributed by atoms with van der Waals surface area (Å²) in [5.41, 5.74) is 0. The van der Waals surface area contributed by atoms with E-state index in [0.29, 0.717) is 19.3 Å². The first-order valence-electron chi connectivity index (χ1n) is 28.4. The summed E-state index contributed by atoms with van der Waals surface area (Å²) in [7, 11) is -4.78. The number of aliphatic hydroxyl groups is 1. The highest BCUT2D eigenvalue weighted by atomic mass is 31.2. The molecule has 0 aliphatic carbocycles. The number of allylic oxidation sites excluding steroid dienone is 20. The van der Waals surface area contributed by atoms with Gasteiger partial charge in [-0.1, -0.05) is 187 Å². The van der Waals surface area contributed by atoms with Crippen LogP contribution in [0.3, 0.4) is 0 Å². The lowest BCUT2D eigenvalue weighted by atomic mass is 10.1. The predicted molar refractivity (Wildman–Crippen MR) is 306 cm³/mol. The lowest BCUT2D eigenvalue weighted by Gasteiger charge is -2.21. The highest BCUT2D eigenvalue weighted by Gasteiger charge is 2.28. The van der Waals surface area contributed by atoms with E-state index in [1.165, 1.54) is 19.3 Å². The first kappa shape index (κ1) is 69.9. The summed E-state index contributed by atoms with van der Waals surface area (Å²) >= 11 is 0. The van der Waals surface area contributed by atoms with Crippen molar-refractivity contribution in [2.24, 2.45) is 0 Å². The van der Waals surface area contributed by atoms with Gasteiger partial charge in [0.15, 0.2) is 6.10 Å². The fraction of sp³-hybridized carbons (Fsp3) is 0.629. The summed E-state index contributed by atoms with van der Waals surface area (Å²) in [6.07, 6.45) is 67.3. The van der Waals surface area contributed by atoms with Crippen LogP contribution in [0.5, 0.6) is 0 Å². The zero-order chi connectivity index (χ0) is 54.1. The van der Waals surface area contributed by atoms with Crippen LogP contribution in [0.15, 0.2) is 122 Å². The summed E-state index contributed by atoms with van der Waals surface area (Å²) in [5, 5.41) is 9.80. The van der Waals surface area contributed by atoms with Crippen LogP contribution in [0.2, 0.25) is 0 Å². The van der Waals surface area contributed by atoms with E-state index in [-0.39, 0.29) is 25.9 Å². The Morgan fingerprint density at radius 2 is 0.703 bits per heavy atom. The van der Waals surface area contributed by atoms with Crippen LogP contribution in [0, 0.1) is 0 Å². The molecular formula is C62H101O11P. The van der Waals surface area contributed by atoms with Crippen molar-refractivity contribution >= 4 is 25.7 Å². The van der Waals surface area contributed by atoms with Crippen molar-refractivity contribution in [3.8, 4) is 0 Å². The van der Waals surface area contributed by atoms with Gasteiger partial charge in [-0.2, -0.15) is 0 Å². The number of hydrogen-bond acceptors (Lipinski definition) is 10. The summed E-state index contributed by atoms with van der Waals surface area (Å²) in [6, 6.07) is 0. The molecule has 0 spiro atoms. The number of esters is 3. The van der Waals surface area contributed by atoms with Crippen molar-refractivity contribution in [3.05, 3.63) is 122 Å². The molecule has 0 rings (SSSR count). The molecule has 0 amide bonds. The van der Waals surface area contributed by atoms with Crippen LogP contribution in [0.4, 0.5) is 0 Å². The van der Waals surface area contributed by atoms with Gasteiger partial charge in [-0.3, -0.25) is 23.4 Å². The summed E-state index contributed by atoms with van der Waals surface area (Å²) < 4.78 is 39.4. The number of phosphoric ester groups is 1. The highest BCUT2D eigenvalue weighted by molar-refractivity contribution is 7.47. The summed E-state index contributed by atoms with van der Waals surface area (Å²) in [6.45, 7) is 4.28. The van der Waals surface area contributed by atoms with Gasteiger partial charge >= 0.3 is 25.7 Å². The van der Waals surface area contributed by atoms with Crippen molar-refractivity contribution in [2.75, 3.05) is 26.4 Å². The minimum Gasteiger partial charge on any atom is -0.462 e. The molecule has 11 nitrogen and oxygen atoms in total. The monoisotopic (exact) mass is 1050 g/mol. The fourth-order valence-electron chi connectivity index (χ4n) is 7.07. The molecule has 0 saturated carbocycles. The van der Waals surface area contributed by atoms with E-state index < -0.39 is 57.8 Å². The van der Waals surface area contributed by atoms with Crippen molar-refractivity contribution in [1.29, 1.82) is 0 Å². The Hall–Kier alpha value is -4.12. The molecule has 0 aromatic rings. The Kier molecular flexibility index (Phi) is 52.1. The maximum absolute atomic E-state index is 12.9. The first-order chi connectivity index (χ1) is 36.2. The molecule has 2 N–H and O–H groups in total. The second-order valence-electron chi connectivity index (χ2n) is 18.3. The minimum atomic E-state index is -4.78. The maximum Gasteiger partial charge on any atom is 0.472 e. The van der Waals surface area contributed by atoms with Crippen LogP contribution in [0.25, 0.3) is 0 Å². The predicted octanol–water partition coefficient (Wildman–Crippen LogP) is 16.8. The van der Waals surface area contributed by atoms with Crippen molar-refractivity contribution in [3.63, 3.8) is 0 Å². The van der Waals surface area contributed by atoms with Gasteiger partial charge in [-0.25, -0.2) is 4.57 Å². The standard InChI is InChI=1S/C62H101O11P/c1-4-7-10-13-16-19-22-25-28-29-32-35-38-41-44-47-50-53-62(66)73-59(55-69-60(64)51-48-45-42-39-36-33-30-26-23-20-17-14-11-8-5-2)57-71-74(67,68)70-56-58(54-63)72-61(65)52-49-46-43-40-37-34-31-27-24-21-18-15-12-9-6-3/h7,9-10,12,16-21,25-28,30-32,35,37,40,58-59,63H,4-6,8,11,13-15,22-24,29,33-34,36,38-39,41-57H2,1-3H3,(H,67,68)/b10-7-,12-9-,19-16-,20-17-,21-18-,28-25-,30-26-,31-27-,35-32-,40-37-. The van der Waals surface area contributed by atoms with E-state index in [1.807, 2.05) is 0 Å². The number of aliphatic hydroxyl groups excluding tert-OH is 1. The molecule has 0 radical (unpaired) electrons. The summed E-state index contributed by atoms with van der Waals surface area (Å²) in [5.74, 6) is -1.57. The fourth-order valence-corrected chi connectivity index (χ4v) is 7.86. The van der Waals surface area contributed by atoms with E-state index in [2.05, 4.69) is 142 Å². The van der Waals surface area contributed by atoms with E-state index in [0.717, 1.165) is 135 Å². The van der Waals surface area contributed by atoms with Gasteiger partial charge in [-0.05, 0) is 128 Å². The molecular weight excluding hydrogens is 952 g/mol. The minimum absolute atomic E-state index is 0.116. The number of carbonyl (C=O) groups is 3. The van der Waals surface area contributed by atoms with Gasteiger partial charge in [0.1, 0.15) is 12.7 Å². The van der Waals surface area contributed by atoms with Gasteiger partial charge in [0.05, 0.1) is 19.8 Å². The van der Waals surface area contributed by atoms with Gasteiger partial charge in [0.2, 0.25) is 0 Å². The van der Waals surface area contributed by atoms with Crippen LogP contribution in [-0.4, -0.2) is 66.5 Å². The lowest BCUT2D eigenvalue weighted by molar-refractivity contribution is -0.161. The number of hydrogen-bond donors (Lipinski definition) is 2. The molecule has 3 atom stereocenters. The van der Waals surface area contributed by atoms with Crippen LogP contribution in [-0.2, 0) is 42.2 Å². The third-order valence-corrected chi connectivity index (χ3v) is 12.3. The number of unbranched alkanes of at least 4 members (excludes halogenated alkanes) is 14.